The fourth-order valence-corrected chi connectivity index (χ4v) is 3.16. The molecule has 0 spiro atoms. The largest absolute Gasteiger partial charge is 0.340 e. The molecule has 0 bridgehead atoms. The number of halogens is 2. The zero-order chi connectivity index (χ0) is 17.4. The van der Waals surface area contributed by atoms with Gasteiger partial charge >= 0.3 is 0 Å². The molecule has 0 saturated carbocycles. The summed E-state index contributed by atoms with van der Waals surface area (Å²) in [6, 6.07) is 7.18. The lowest BCUT2D eigenvalue weighted by Gasteiger charge is -2.34. The van der Waals surface area contributed by atoms with Gasteiger partial charge in [-0.15, -0.1) is 0 Å². The summed E-state index contributed by atoms with van der Waals surface area (Å²) in [6.07, 6.45) is 1.67. The average molecular weight is 344 g/mol. The van der Waals surface area contributed by atoms with Crippen LogP contribution in [0.5, 0.6) is 0 Å². The van der Waals surface area contributed by atoms with Crippen LogP contribution in [0.3, 0.4) is 0 Å². The Hall–Kier alpha value is -2.61. The van der Waals surface area contributed by atoms with Crippen molar-refractivity contribution in [1.29, 1.82) is 0 Å². The average Bonchev–Trinajstić information content (AvgIpc) is 2.98. The molecule has 2 N–H and O–H groups in total. The third-order valence-corrected chi connectivity index (χ3v) is 4.46. The first-order valence-corrected chi connectivity index (χ1v) is 8.18. The molecule has 0 aliphatic carbocycles. The minimum atomic E-state index is -0.991. The minimum absolute atomic E-state index is 0.348. The quantitative estimate of drug-likeness (QED) is 0.785. The molecule has 3 heterocycles. The van der Waals surface area contributed by atoms with Gasteiger partial charge in [0.2, 0.25) is 5.95 Å². The van der Waals surface area contributed by atoms with E-state index in [-0.39, 0.29) is 0 Å². The van der Waals surface area contributed by atoms with E-state index in [2.05, 4.69) is 9.97 Å². The third-order valence-electron chi connectivity index (χ3n) is 4.46. The number of benzene rings is 1. The molecule has 3 aromatic rings. The fraction of sp³-hybridized carbons (Fsp3) is 0.353. The van der Waals surface area contributed by atoms with E-state index in [1.807, 2.05) is 33.7 Å². The van der Waals surface area contributed by atoms with Crippen molar-refractivity contribution in [2.75, 3.05) is 18.0 Å². The van der Waals surface area contributed by atoms with E-state index < -0.39 is 18.0 Å². The normalized spacial score (nSPS) is 21.0. The molecule has 8 heteroatoms. The molecule has 1 fully saturated rings. The van der Waals surface area contributed by atoms with E-state index in [0.29, 0.717) is 37.8 Å². The summed E-state index contributed by atoms with van der Waals surface area (Å²) in [5, 5.41) is 0. The first-order valence-electron chi connectivity index (χ1n) is 8.18. The predicted octanol–water partition coefficient (Wildman–Crippen LogP) is 1.89. The van der Waals surface area contributed by atoms with Crippen LogP contribution in [0.2, 0.25) is 0 Å². The maximum absolute atomic E-state index is 13.7. The summed E-state index contributed by atoms with van der Waals surface area (Å²) in [4.78, 5) is 14.8. The van der Waals surface area contributed by atoms with Crippen LogP contribution in [0.1, 0.15) is 12.2 Å². The number of imidazole rings is 1. The minimum Gasteiger partial charge on any atom is -0.340 e. The van der Waals surface area contributed by atoms with E-state index in [0.717, 1.165) is 23.4 Å². The first-order chi connectivity index (χ1) is 12.1. The molecule has 0 amide bonds. The summed E-state index contributed by atoms with van der Waals surface area (Å²) in [7, 11) is 0. The number of anilines is 1. The van der Waals surface area contributed by atoms with Gasteiger partial charge in [0.05, 0.1) is 36.0 Å². The number of hydrogen-bond acceptors (Lipinski definition) is 5. The van der Waals surface area contributed by atoms with Crippen LogP contribution in [0.4, 0.5) is 14.7 Å². The lowest BCUT2D eigenvalue weighted by Crippen LogP contribution is -2.50. The van der Waals surface area contributed by atoms with Crippen molar-refractivity contribution in [1.82, 2.24) is 19.5 Å². The van der Waals surface area contributed by atoms with Gasteiger partial charge < -0.3 is 15.2 Å². The highest BCUT2D eigenvalue weighted by molar-refractivity contribution is 5.79. The number of piperidine rings is 1. The Labute approximate surface area is 143 Å². The van der Waals surface area contributed by atoms with Crippen molar-refractivity contribution >= 4 is 17.0 Å². The first kappa shape index (κ1) is 15.9. The molecule has 2 atom stereocenters. The molecule has 1 aromatic carbocycles. The van der Waals surface area contributed by atoms with Crippen LogP contribution < -0.4 is 10.6 Å². The molecule has 4 rings (SSSR count). The number of para-hydroxylation sites is 2. The van der Waals surface area contributed by atoms with Gasteiger partial charge in [-0.2, -0.15) is 0 Å². The molecule has 0 unspecified atom stereocenters. The van der Waals surface area contributed by atoms with Gasteiger partial charge in [-0.25, -0.2) is 23.7 Å². The lowest BCUT2D eigenvalue weighted by atomic mass is 10.1. The number of nitrogens with two attached hydrogens (primary N) is 1. The van der Waals surface area contributed by atoms with Crippen LogP contribution >= 0.6 is 0 Å². The Morgan fingerprint density at radius 1 is 1.20 bits per heavy atom. The summed E-state index contributed by atoms with van der Waals surface area (Å²) < 4.78 is 28.8. The van der Waals surface area contributed by atoms with Gasteiger partial charge in [-0.1, -0.05) is 12.1 Å². The van der Waals surface area contributed by atoms with E-state index in [9.17, 15) is 8.78 Å². The van der Waals surface area contributed by atoms with Gasteiger partial charge in [0.25, 0.3) is 0 Å². The van der Waals surface area contributed by atoms with Crippen molar-refractivity contribution in [3.05, 3.63) is 48.3 Å². The molecule has 2 aromatic heterocycles. The number of fused-ring (bicyclic) bond motifs is 1. The molecule has 1 aliphatic rings. The second-order valence-corrected chi connectivity index (χ2v) is 6.22. The molecule has 25 heavy (non-hydrogen) atoms. The molecule has 1 aliphatic heterocycles. The predicted molar refractivity (Wildman–Crippen MR) is 90.5 cm³/mol. The third kappa shape index (κ3) is 3.05. The zero-order valence-corrected chi connectivity index (χ0v) is 13.5. The van der Waals surface area contributed by atoms with Gasteiger partial charge in [-0.3, -0.25) is 0 Å². The van der Waals surface area contributed by atoms with Crippen LogP contribution in [0, 0.1) is 5.82 Å². The smallest absolute Gasteiger partial charge is 0.207 e. The number of rotatable bonds is 3. The Bertz CT molecular complexity index is 878. The topological polar surface area (TPSA) is 72.9 Å². The van der Waals surface area contributed by atoms with Crippen molar-refractivity contribution < 1.29 is 8.78 Å². The Kier molecular flexibility index (Phi) is 4.04. The van der Waals surface area contributed by atoms with Gasteiger partial charge in [-0.05, 0) is 18.6 Å². The highest BCUT2D eigenvalue weighted by Gasteiger charge is 2.29. The van der Waals surface area contributed by atoms with Gasteiger partial charge in [0.15, 0.2) is 5.82 Å². The number of aromatic nitrogens is 4. The van der Waals surface area contributed by atoms with E-state index in [1.54, 1.807) is 0 Å². The maximum Gasteiger partial charge on any atom is 0.207 e. The summed E-state index contributed by atoms with van der Waals surface area (Å²) in [5.41, 5.74) is 7.65. The fourth-order valence-electron chi connectivity index (χ4n) is 3.16. The Balaban J connectivity index is 1.74. The van der Waals surface area contributed by atoms with Crippen LogP contribution in [0.25, 0.3) is 11.0 Å². The van der Waals surface area contributed by atoms with E-state index >= 15 is 0 Å². The Morgan fingerprint density at radius 3 is 2.72 bits per heavy atom. The highest BCUT2D eigenvalue weighted by atomic mass is 19.1. The second kappa shape index (κ2) is 6.36. The van der Waals surface area contributed by atoms with Crippen LogP contribution in [-0.2, 0) is 6.54 Å². The van der Waals surface area contributed by atoms with E-state index in [4.69, 9.17) is 10.7 Å². The van der Waals surface area contributed by atoms with Crippen molar-refractivity contribution in [3.8, 4) is 0 Å². The zero-order valence-electron chi connectivity index (χ0n) is 13.5. The van der Waals surface area contributed by atoms with Crippen molar-refractivity contribution in [2.24, 2.45) is 5.73 Å². The molecular weight excluding hydrogens is 326 g/mol. The standard InChI is InChI=1S/C17H18F2N6/c18-11-7-21-16(22-8-11)10-25-15-4-2-1-3-14(15)23-17(25)24-6-5-12(19)13(20)9-24/h1-4,7-8,12-13H,5-6,9-10,20H2/t12-,13-/m1/s1. The van der Waals surface area contributed by atoms with Gasteiger partial charge in [0, 0.05) is 13.1 Å². The summed E-state index contributed by atoms with van der Waals surface area (Å²) >= 11 is 0. The molecule has 1 saturated heterocycles. The maximum atomic E-state index is 13.7. The molecule has 0 radical (unpaired) electrons. The summed E-state index contributed by atoms with van der Waals surface area (Å²) in [6.45, 7) is 1.29. The van der Waals surface area contributed by atoms with Gasteiger partial charge in [0.1, 0.15) is 12.0 Å². The second-order valence-electron chi connectivity index (χ2n) is 6.22. The number of hydrogen-bond donors (Lipinski definition) is 1. The monoisotopic (exact) mass is 344 g/mol. The lowest BCUT2D eigenvalue weighted by molar-refractivity contribution is 0.243. The van der Waals surface area contributed by atoms with Crippen LogP contribution in [-0.4, -0.2) is 44.8 Å². The summed E-state index contributed by atoms with van der Waals surface area (Å²) in [5.74, 6) is 0.711. The molecule has 6 nitrogen and oxygen atoms in total. The highest BCUT2D eigenvalue weighted by Crippen LogP contribution is 2.26. The van der Waals surface area contributed by atoms with Crippen molar-refractivity contribution in [2.45, 2.75) is 25.2 Å². The number of nitrogens with zero attached hydrogens (tertiary/aromatic N) is 5. The molecule has 130 valence electrons. The van der Waals surface area contributed by atoms with E-state index in [1.165, 1.54) is 0 Å². The van der Waals surface area contributed by atoms with Crippen LogP contribution in [0.15, 0.2) is 36.7 Å². The number of alkyl halides is 1. The SMILES string of the molecule is N[C@@H]1CN(c2nc3ccccc3n2Cc2ncc(F)cn2)CC[C@H]1F. The van der Waals surface area contributed by atoms with Crippen molar-refractivity contribution in [3.63, 3.8) is 0 Å². The molecular formula is C17H18F2N6. The Morgan fingerprint density at radius 2 is 1.96 bits per heavy atom.